The summed E-state index contributed by atoms with van der Waals surface area (Å²) in [7, 11) is 0. The highest BCUT2D eigenvalue weighted by molar-refractivity contribution is 5.05. The molecule has 2 rings (SSSR count). The van der Waals surface area contributed by atoms with Crippen molar-refractivity contribution in [3.05, 3.63) is 23.7 Å². The van der Waals surface area contributed by atoms with Crippen LogP contribution in [0.15, 0.2) is 16.5 Å². The third kappa shape index (κ3) is 3.11. The summed E-state index contributed by atoms with van der Waals surface area (Å²) >= 11 is 0. The molecule has 2 heteroatoms. The Hall–Kier alpha value is -0.760. The Morgan fingerprint density at radius 1 is 1.31 bits per heavy atom. The zero-order valence-corrected chi connectivity index (χ0v) is 10.5. The first-order valence-corrected chi connectivity index (χ1v) is 6.54. The Labute approximate surface area is 98.4 Å². The maximum Gasteiger partial charge on any atom is 0.117 e. The predicted octanol–water partition coefficient (Wildman–Crippen LogP) is 3.65. The Bertz CT molecular complexity index is 312. The minimum absolute atomic E-state index is 0.616. The second-order valence-corrected chi connectivity index (χ2v) is 5.08. The normalized spacial score (nSPS) is 19.9. The molecule has 1 aromatic heterocycles. The summed E-state index contributed by atoms with van der Waals surface area (Å²) in [6, 6.07) is 4.71. The van der Waals surface area contributed by atoms with Gasteiger partial charge in [-0.25, -0.2) is 0 Å². The largest absolute Gasteiger partial charge is 0.465 e. The molecular formula is C14H23NO. The molecule has 1 aliphatic rings. The van der Waals surface area contributed by atoms with Gasteiger partial charge in [0.05, 0.1) is 6.54 Å². The number of aryl methyl sites for hydroxylation is 1. The summed E-state index contributed by atoms with van der Waals surface area (Å²) in [6.07, 6.45) is 7.05. The third-order valence-corrected chi connectivity index (χ3v) is 3.75. The lowest BCUT2D eigenvalue weighted by Gasteiger charge is -2.28. The van der Waals surface area contributed by atoms with Gasteiger partial charge in [-0.1, -0.05) is 19.3 Å². The zero-order valence-electron chi connectivity index (χ0n) is 10.5. The lowest BCUT2D eigenvalue weighted by Crippen LogP contribution is -2.34. The molecule has 0 amide bonds. The van der Waals surface area contributed by atoms with Gasteiger partial charge in [0.25, 0.3) is 0 Å². The summed E-state index contributed by atoms with van der Waals surface area (Å²) in [4.78, 5) is 0. The summed E-state index contributed by atoms with van der Waals surface area (Å²) in [5.41, 5.74) is 0. The van der Waals surface area contributed by atoms with Gasteiger partial charge in [-0.3, -0.25) is 0 Å². The maximum atomic E-state index is 5.56. The molecule has 0 aliphatic heterocycles. The van der Waals surface area contributed by atoms with Crippen molar-refractivity contribution in [1.82, 2.24) is 5.32 Å². The highest BCUT2D eigenvalue weighted by atomic mass is 16.3. The van der Waals surface area contributed by atoms with Crippen LogP contribution in [0.25, 0.3) is 0 Å². The van der Waals surface area contributed by atoms with E-state index in [1.165, 1.54) is 32.1 Å². The Morgan fingerprint density at radius 2 is 2.06 bits per heavy atom. The van der Waals surface area contributed by atoms with Crippen molar-refractivity contribution in [2.24, 2.45) is 5.92 Å². The smallest absolute Gasteiger partial charge is 0.117 e. The van der Waals surface area contributed by atoms with Gasteiger partial charge in [0.15, 0.2) is 0 Å². The predicted molar refractivity (Wildman–Crippen MR) is 66.3 cm³/mol. The molecule has 1 fully saturated rings. The van der Waals surface area contributed by atoms with Crippen LogP contribution in [0, 0.1) is 12.8 Å². The van der Waals surface area contributed by atoms with Crippen LogP contribution in [-0.4, -0.2) is 6.04 Å². The van der Waals surface area contributed by atoms with Crippen LogP contribution in [0.5, 0.6) is 0 Å². The fraction of sp³-hybridized carbons (Fsp3) is 0.714. The van der Waals surface area contributed by atoms with E-state index in [0.717, 1.165) is 24.0 Å². The van der Waals surface area contributed by atoms with Crippen molar-refractivity contribution < 1.29 is 4.42 Å². The van der Waals surface area contributed by atoms with E-state index >= 15 is 0 Å². The van der Waals surface area contributed by atoms with Crippen LogP contribution in [0.3, 0.4) is 0 Å². The number of hydrogen-bond acceptors (Lipinski definition) is 2. The fourth-order valence-corrected chi connectivity index (χ4v) is 2.64. The first-order chi connectivity index (χ1) is 7.75. The Morgan fingerprint density at radius 3 is 2.69 bits per heavy atom. The lowest BCUT2D eigenvalue weighted by atomic mass is 9.84. The van der Waals surface area contributed by atoms with Crippen molar-refractivity contribution in [2.75, 3.05) is 0 Å². The minimum atomic E-state index is 0.616. The first kappa shape index (κ1) is 11.7. The molecule has 0 saturated heterocycles. The number of nitrogens with one attached hydrogen (secondary N) is 1. The standard InChI is InChI=1S/C14H23NO/c1-11-8-9-14(16-11)10-15-12(2)13-6-4-3-5-7-13/h8-9,12-13,15H,3-7,10H2,1-2H3/t12-/m1/s1. The minimum Gasteiger partial charge on any atom is -0.465 e. The summed E-state index contributed by atoms with van der Waals surface area (Å²) in [5.74, 6) is 2.92. The van der Waals surface area contributed by atoms with Crippen LogP contribution in [0.4, 0.5) is 0 Å². The Kier molecular flexibility index (Phi) is 4.05. The first-order valence-electron chi connectivity index (χ1n) is 6.54. The second kappa shape index (κ2) is 5.53. The Balaban J connectivity index is 1.76. The fourth-order valence-electron chi connectivity index (χ4n) is 2.64. The summed E-state index contributed by atoms with van der Waals surface area (Å²) in [5, 5.41) is 3.59. The van der Waals surface area contributed by atoms with E-state index in [1.54, 1.807) is 0 Å². The van der Waals surface area contributed by atoms with E-state index in [4.69, 9.17) is 4.42 Å². The van der Waals surface area contributed by atoms with Crippen LogP contribution in [-0.2, 0) is 6.54 Å². The number of rotatable bonds is 4. The van der Waals surface area contributed by atoms with Crippen molar-refractivity contribution in [1.29, 1.82) is 0 Å². The topological polar surface area (TPSA) is 25.2 Å². The van der Waals surface area contributed by atoms with Gasteiger partial charge in [0, 0.05) is 6.04 Å². The van der Waals surface area contributed by atoms with Gasteiger partial charge >= 0.3 is 0 Å². The average molecular weight is 221 g/mol. The summed E-state index contributed by atoms with van der Waals surface area (Å²) < 4.78 is 5.56. The van der Waals surface area contributed by atoms with E-state index in [1.807, 2.05) is 13.0 Å². The highest BCUT2D eigenvalue weighted by Crippen LogP contribution is 2.26. The molecule has 1 atom stereocenters. The zero-order chi connectivity index (χ0) is 11.4. The molecule has 0 spiro atoms. The van der Waals surface area contributed by atoms with E-state index in [9.17, 15) is 0 Å². The van der Waals surface area contributed by atoms with Crippen LogP contribution in [0.2, 0.25) is 0 Å². The molecule has 1 heterocycles. The van der Waals surface area contributed by atoms with Crippen molar-refractivity contribution >= 4 is 0 Å². The molecule has 0 radical (unpaired) electrons. The van der Waals surface area contributed by atoms with Gasteiger partial charge in [0.2, 0.25) is 0 Å². The van der Waals surface area contributed by atoms with Gasteiger partial charge < -0.3 is 9.73 Å². The molecule has 0 bridgehead atoms. The van der Waals surface area contributed by atoms with E-state index in [0.29, 0.717) is 6.04 Å². The number of hydrogen-bond donors (Lipinski definition) is 1. The van der Waals surface area contributed by atoms with Crippen LogP contribution in [0.1, 0.15) is 50.5 Å². The molecule has 16 heavy (non-hydrogen) atoms. The van der Waals surface area contributed by atoms with Gasteiger partial charge in [-0.05, 0) is 44.7 Å². The van der Waals surface area contributed by atoms with E-state index in [-0.39, 0.29) is 0 Å². The molecule has 1 aliphatic carbocycles. The SMILES string of the molecule is Cc1ccc(CN[C@H](C)C2CCCCC2)o1. The van der Waals surface area contributed by atoms with Crippen LogP contribution < -0.4 is 5.32 Å². The van der Waals surface area contributed by atoms with Crippen LogP contribution >= 0.6 is 0 Å². The quantitative estimate of drug-likeness (QED) is 0.839. The molecule has 1 aromatic rings. The molecular weight excluding hydrogens is 198 g/mol. The average Bonchev–Trinajstić information content (AvgIpc) is 2.73. The summed E-state index contributed by atoms with van der Waals surface area (Å²) in [6.45, 7) is 5.17. The molecule has 1 N–H and O–H groups in total. The number of furan rings is 1. The van der Waals surface area contributed by atoms with E-state index in [2.05, 4.69) is 18.3 Å². The molecule has 0 unspecified atom stereocenters. The maximum absolute atomic E-state index is 5.56. The molecule has 0 aromatic carbocycles. The van der Waals surface area contributed by atoms with Gasteiger partial charge in [0.1, 0.15) is 11.5 Å². The van der Waals surface area contributed by atoms with Crippen molar-refractivity contribution in [2.45, 2.75) is 58.5 Å². The second-order valence-electron chi connectivity index (χ2n) is 5.08. The van der Waals surface area contributed by atoms with E-state index < -0.39 is 0 Å². The third-order valence-electron chi connectivity index (χ3n) is 3.75. The van der Waals surface area contributed by atoms with Crippen molar-refractivity contribution in [3.63, 3.8) is 0 Å². The van der Waals surface area contributed by atoms with Gasteiger partial charge in [-0.15, -0.1) is 0 Å². The molecule has 2 nitrogen and oxygen atoms in total. The molecule has 90 valence electrons. The lowest BCUT2D eigenvalue weighted by molar-refractivity contribution is 0.275. The molecule has 1 saturated carbocycles. The van der Waals surface area contributed by atoms with Gasteiger partial charge in [-0.2, -0.15) is 0 Å². The monoisotopic (exact) mass is 221 g/mol. The highest BCUT2D eigenvalue weighted by Gasteiger charge is 2.19. The van der Waals surface area contributed by atoms with Crippen molar-refractivity contribution in [3.8, 4) is 0 Å².